The lowest BCUT2D eigenvalue weighted by atomic mass is 9.99. The Morgan fingerprint density at radius 3 is 2.93 bits per heavy atom. The average Bonchev–Trinajstić information content (AvgIpc) is 3.42. The van der Waals surface area contributed by atoms with Crippen molar-refractivity contribution in [2.45, 2.75) is 30.0 Å². The molecule has 1 amide bonds. The van der Waals surface area contributed by atoms with E-state index in [1.54, 1.807) is 17.5 Å². The van der Waals surface area contributed by atoms with Gasteiger partial charge in [0, 0.05) is 26.2 Å². The standard InChI is InChI=1S/C20H24N4O3S2/c25-20(21-10-5-11-23-15-22-17-7-1-2-8-18(17)23)16-6-3-12-24(14-16)29(26,27)19-9-4-13-28-19/h1-2,4,7-9,13,15-16H,3,5-6,10-12,14H2,(H,21,25)/t16-/m1/s1. The number of thiophene rings is 1. The van der Waals surface area contributed by atoms with Crippen LogP contribution in [0.5, 0.6) is 0 Å². The first-order valence-corrected chi connectivity index (χ1v) is 12.1. The third-order valence-electron chi connectivity index (χ3n) is 5.25. The van der Waals surface area contributed by atoms with Crippen molar-refractivity contribution in [2.75, 3.05) is 19.6 Å². The molecule has 0 bridgehead atoms. The molecule has 3 heterocycles. The minimum atomic E-state index is -3.50. The zero-order valence-electron chi connectivity index (χ0n) is 16.0. The fourth-order valence-electron chi connectivity index (χ4n) is 3.71. The lowest BCUT2D eigenvalue weighted by Gasteiger charge is -2.30. The average molecular weight is 433 g/mol. The maximum absolute atomic E-state index is 12.7. The smallest absolute Gasteiger partial charge is 0.252 e. The summed E-state index contributed by atoms with van der Waals surface area (Å²) < 4.78 is 29.3. The molecule has 9 heteroatoms. The monoisotopic (exact) mass is 432 g/mol. The molecular formula is C20H24N4O3S2. The van der Waals surface area contributed by atoms with Gasteiger partial charge in [-0.2, -0.15) is 4.31 Å². The predicted octanol–water partition coefficient (Wildman–Crippen LogP) is 2.71. The molecule has 154 valence electrons. The summed E-state index contributed by atoms with van der Waals surface area (Å²) in [6.07, 6.45) is 4.02. The van der Waals surface area contributed by atoms with Crippen molar-refractivity contribution in [3.8, 4) is 0 Å². The lowest BCUT2D eigenvalue weighted by Crippen LogP contribution is -2.45. The van der Waals surface area contributed by atoms with Crippen LogP contribution in [0.4, 0.5) is 0 Å². The first kappa shape index (κ1) is 20.1. The van der Waals surface area contributed by atoms with Crippen LogP contribution in [-0.2, 0) is 21.4 Å². The lowest BCUT2D eigenvalue weighted by molar-refractivity contribution is -0.126. The van der Waals surface area contributed by atoms with Gasteiger partial charge in [0.2, 0.25) is 5.91 Å². The summed E-state index contributed by atoms with van der Waals surface area (Å²) in [5, 5.41) is 4.73. The Morgan fingerprint density at radius 1 is 1.24 bits per heavy atom. The minimum absolute atomic E-state index is 0.0634. The van der Waals surface area contributed by atoms with Gasteiger partial charge >= 0.3 is 0 Å². The number of hydrogen-bond acceptors (Lipinski definition) is 5. The van der Waals surface area contributed by atoms with E-state index in [9.17, 15) is 13.2 Å². The number of carbonyl (C=O) groups is 1. The van der Waals surface area contributed by atoms with Crippen LogP contribution in [0.2, 0.25) is 0 Å². The number of para-hydroxylation sites is 2. The van der Waals surface area contributed by atoms with Gasteiger partial charge in [-0.3, -0.25) is 4.79 Å². The second kappa shape index (κ2) is 8.64. The summed E-state index contributed by atoms with van der Waals surface area (Å²) in [4.78, 5) is 17.0. The number of sulfonamides is 1. The third kappa shape index (κ3) is 4.36. The molecule has 2 aromatic heterocycles. The van der Waals surface area contributed by atoms with Gasteiger partial charge in [0.1, 0.15) is 4.21 Å². The van der Waals surface area contributed by atoms with E-state index in [0.29, 0.717) is 30.1 Å². The topological polar surface area (TPSA) is 84.3 Å². The van der Waals surface area contributed by atoms with Crippen LogP contribution in [-0.4, -0.2) is 47.8 Å². The number of nitrogens with zero attached hydrogens (tertiary/aromatic N) is 3. The molecule has 1 saturated heterocycles. The van der Waals surface area contributed by atoms with Crippen molar-refractivity contribution in [3.05, 3.63) is 48.1 Å². The quantitative estimate of drug-likeness (QED) is 0.582. The van der Waals surface area contributed by atoms with Crippen molar-refractivity contribution in [3.63, 3.8) is 0 Å². The van der Waals surface area contributed by atoms with Gasteiger partial charge in [0.25, 0.3) is 10.0 Å². The molecule has 0 unspecified atom stereocenters. The Labute approximate surface area is 174 Å². The number of carbonyl (C=O) groups excluding carboxylic acids is 1. The first-order chi connectivity index (χ1) is 14.1. The van der Waals surface area contributed by atoms with Gasteiger partial charge in [0.15, 0.2) is 0 Å². The number of imidazole rings is 1. The van der Waals surface area contributed by atoms with Crippen LogP contribution in [0, 0.1) is 5.92 Å². The molecule has 29 heavy (non-hydrogen) atoms. The van der Waals surface area contributed by atoms with Gasteiger partial charge in [-0.1, -0.05) is 18.2 Å². The van der Waals surface area contributed by atoms with Gasteiger partial charge < -0.3 is 9.88 Å². The van der Waals surface area contributed by atoms with Crippen LogP contribution in [0.25, 0.3) is 11.0 Å². The first-order valence-electron chi connectivity index (χ1n) is 9.77. The fourth-order valence-corrected chi connectivity index (χ4v) is 6.37. The van der Waals surface area contributed by atoms with Crippen molar-refractivity contribution in [2.24, 2.45) is 5.92 Å². The number of amides is 1. The number of hydrogen-bond donors (Lipinski definition) is 1. The molecule has 1 fully saturated rings. The van der Waals surface area contributed by atoms with Crippen LogP contribution in [0.3, 0.4) is 0 Å². The largest absolute Gasteiger partial charge is 0.356 e. The molecule has 1 N–H and O–H groups in total. The van der Waals surface area contributed by atoms with Gasteiger partial charge in [0.05, 0.1) is 23.3 Å². The Hall–Kier alpha value is -2.23. The number of aromatic nitrogens is 2. The molecule has 3 aromatic rings. The molecular weight excluding hydrogens is 408 g/mol. The Bertz CT molecular complexity index is 1080. The molecule has 0 saturated carbocycles. The summed E-state index contributed by atoms with van der Waals surface area (Å²) in [5.41, 5.74) is 2.05. The number of aryl methyl sites for hydroxylation is 1. The molecule has 1 atom stereocenters. The highest BCUT2D eigenvalue weighted by molar-refractivity contribution is 7.91. The minimum Gasteiger partial charge on any atom is -0.356 e. The second-order valence-corrected chi connectivity index (χ2v) is 10.3. The van der Waals surface area contributed by atoms with Gasteiger partial charge in [-0.15, -0.1) is 11.3 Å². The summed E-state index contributed by atoms with van der Waals surface area (Å²) in [6.45, 7) is 2.04. The van der Waals surface area contributed by atoms with E-state index in [0.717, 1.165) is 24.0 Å². The molecule has 0 radical (unpaired) electrons. The molecule has 1 aliphatic heterocycles. The summed E-state index contributed by atoms with van der Waals surface area (Å²) in [5.74, 6) is -0.362. The normalized spacial score (nSPS) is 18.1. The van der Waals surface area contributed by atoms with E-state index >= 15 is 0 Å². The number of fused-ring (bicyclic) bond motifs is 1. The predicted molar refractivity (Wildman–Crippen MR) is 113 cm³/mol. The maximum atomic E-state index is 12.7. The number of rotatable bonds is 7. The van der Waals surface area contributed by atoms with Crippen LogP contribution in [0.15, 0.2) is 52.3 Å². The Kier molecular flexibility index (Phi) is 5.98. The zero-order valence-corrected chi connectivity index (χ0v) is 17.7. The second-order valence-electron chi connectivity index (χ2n) is 7.21. The van der Waals surface area contributed by atoms with E-state index in [1.807, 2.05) is 30.6 Å². The summed E-state index contributed by atoms with van der Waals surface area (Å²) >= 11 is 1.21. The summed E-state index contributed by atoms with van der Waals surface area (Å²) in [7, 11) is -3.50. The fraction of sp³-hybridized carbons (Fsp3) is 0.400. The van der Waals surface area contributed by atoms with E-state index < -0.39 is 10.0 Å². The van der Waals surface area contributed by atoms with E-state index in [4.69, 9.17) is 0 Å². The molecule has 1 aliphatic rings. The number of piperidine rings is 1. The molecule has 4 rings (SSSR count). The molecule has 7 nitrogen and oxygen atoms in total. The summed E-state index contributed by atoms with van der Waals surface area (Å²) in [6, 6.07) is 11.3. The zero-order chi connectivity index (χ0) is 20.3. The highest BCUT2D eigenvalue weighted by Gasteiger charge is 2.33. The third-order valence-corrected chi connectivity index (χ3v) is 8.48. The highest BCUT2D eigenvalue weighted by atomic mass is 32.2. The maximum Gasteiger partial charge on any atom is 0.252 e. The van der Waals surface area contributed by atoms with Gasteiger partial charge in [-0.25, -0.2) is 13.4 Å². The number of nitrogens with one attached hydrogen (secondary N) is 1. The van der Waals surface area contributed by atoms with Crippen LogP contribution >= 0.6 is 11.3 Å². The number of benzene rings is 1. The molecule has 0 spiro atoms. The van der Waals surface area contributed by atoms with Crippen molar-refractivity contribution in [1.82, 2.24) is 19.2 Å². The Morgan fingerprint density at radius 2 is 2.10 bits per heavy atom. The van der Waals surface area contributed by atoms with Crippen LogP contribution in [0.1, 0.15) is 19.3 Å². The van der Waals surface area contributed by atoms with Crippen LogP contribution < -0.4 is 5.32 Å². The molecule has 0 aliphatic carbocycles. The Balaban J connectivity index is 1.28. The van der Waals surface area contributed by atoms with Crippen molar-refractivity contribution in [1.29, 1.82) is 0 Å². The van der Waals surface area contributed by atoms with E-state index in [-0.39, 0.29) is 18.4 Å². The van der Waals surface area contributed by atoms with E-state index in [1.165, 1.54) is 15.6 Å². The van der Waals surface area contributed by atoms with Crippen molar-refractivity contribution >= 4 is 38.3 Å². The van der Waals surface area contributed by atoms with Gasteiger partial charge in [-0.05, 0) is 42.8 Å². The highest BCUT2D eigenvalue weighted by Crippen LogP contribution is 2.26. The van der Waals surface area contributed by atoms with E-state index in [2.05, 4.69) is 14.9 Å². The SMILES string of the molecule is O=C(NCCCn1cnc2ccccc21)[C@@H]1CCCN(S(=O)(=O)c2cccs2)C1. The molecule has 1 aromatic carbocycles. The van der Waals surface area contributed by atoms with Crippen molar-refractivity contribution < 1.29 is 13.2 Å².